The number of nitrogens with zero attached hydrogens (tertiary/aromatic N) is 3. The van der Waals surface area contributed by atoms with Crippen LogP contribution >= 0.6 is 0 Å². The molecule has 0 saturated heterocycles. The molecular formula is C23H23N3O6. The number of aromatic nitrogens is 2. The zero-order valence-corrected chi connectivity index (χ0v) is 17.7. The molecule has 1 aliphatic heterocycles. The highest BCUT2D eigenvalue weighted by Crippen LogP contribution is 2.32. The number of amides is 1. The first-order valence-electron chi connectivity index (χ1n) is 10.3. The van der Waals surface area contributed by atoms with Gasteiger partial charge in [0.25, 0.3) is 5.91 Å². The first kappa shape index (κ1) is 21.4. The highest BCUT2D eigenvalue weighted by Gasteiger charge is 2.18. The number of likely N-dealkylation sites (N-methyl/N-ethyl adjacent to an activating group) is 1. The van der Waals surface area contributed by atoms with Crippen LogP contribution < -0.4 is 9.47 Å². The SMILES string of the molecule is CCN(Cc1ccc2c(c1)OCO2)C(=O)COC(=O)CCc1nc(-c2ccccc2)no1. The third-order valence-corrected chi connectivity index (χ3v) is 4.94. The van der Waals surface area contributed by atoms with Crippen LogP contribution in [0, 0.1) is 0 Å². The number of esters is 1. The van der Waals surface area contributed by atoms with Crippen molar-refractivity contribution in [3.05, 3.63) is 60.0 Å². The summed E-state index contributed by atoms with van der Waals surface area (Å²) in [6.07, 6.45) is 0.277. The standard InChI is InChI=1S/C23H23N3O6/c1-2-26(13-16-8-9-18-19(12-16)31-15-30-18)21(27)14-29-22(28)11-10-20-24-23(25-32-20)17-6-4-3-5-7-17/h3-9,12H,2,10-11,13-15H2,1H3. The second kappa shape index (κ2) is 9.95. The maximum Gasteiger partial charge on any atom is 0.306 e. The summed E-state index contributed by atoms with van der Waals surface area (Å²) in [7, 11) is 0. The summed E-state index contributed by atoms with van der Waals surface area (Å²) >= 11 is 0. The molecule has 2 aromatic carbocycles. The van der Waals surface area contributed by atoms with Crippen molar-refractivity contribution in [2.45, 2.75) is 26.3 Å². The Morgan fingerprint density at radius 1 is 1.09 bits per heavy atom. The van der Waals surface area contributed by atoms with Crippen LogP contribution in [0.25, 0.3) is 11.4 Å². The third-order valence-electron chi connectivity index (χ3n) is 4.94. The summed E-state index contributed by atoms with van der Waals surface area (Å²) in [5.74, 6) is 1.37. The molecule has 0 atom stereocenters. The Labute approximate surface area is 184 Å². The summed E-state index contributed by atoms with van der Waals surface area (Å²) in [6.45, 7) is 2.61. The summed E-state index contributed by atoms with van der Waals surface area (Å²) in [5, 5.41) is 3.92. The molecule has 166 valence electrons. The quantitative estimate of drug-likeness (QED) is 0.471. The molecule has 0 fully saturated rings. The van der Waals surface area contributed by atoms with Crippen LogP contribution in [0.1, 0.15) is 24.8 Å². The fraction of sp³-hybridized carbons (Fsp3) is 0.304. The Balaban J connectivity index is 1.23. The summed E-state index contributed by atoms with van der Waals surface area (Å²) in [6, 6.07) is 14.9. The lowest BCUT2D eigenvalue weighted by molar-refractivity contribution is -0.152. The molecular weight excluding hydrogens is 414 g/mol. The first-order chi connectivity index (χ1) is 15.6. The van der Waals surface area contributed by atoms with E-state index in [0.29, 0.717) is 36.3 Å². The van der Waals surface area contributed by atoms with E-state index in [1.807, 2.05) is 55.5 Å². The monoisotopic (exact) mass is 437 g/mol. The van der Waals surface area contributed by atoms with E-state index >= 15 is 0 Å². The number of fused-ring (bicyclic) bond motifs is 1. The lowest BCUT2D eigenvalue weighted by Crippen LogP contribution is -2.34. The Hall–Kier alpha value is -3.88. The molecule has 0 unspecified atom stereocenters. The number of carbonyl (C=O) groups is 2. The molecule has 1 aliphatic rings. The Kier molecular flexibility index (Phi) is 6.64. The Morgan fingerprint density at radius 2 is 1.91 bits per heavy atom. The van der Waals surface area contributed by atoms with Crippen LogP contribution in [0.2, 0.25) is 0 Å². The molecule has 0 aliphatic carbocycles. The van der Waals surface area contributed by atoms with Gasteiger partial charge in [-0.3, -0.25) is 9.59 Å². The van der Waals surface area contributed by atoms with Gasteiger partial charge in [0.15, 0.2) is 18.1 Å². The maximum absolute atomic E-state index is 12.5. The highest BCUT2D eigenvalue weighted by molar-refractivity contribution is 5.80. The zero-order chi connectivity index (χ0) is 22.3. The minimum atomic E-state index is -0.503. The fourth-order valence-corrected chi connectivity index (χ4v) is 3.21. The van der Waals surface area contributed by atoms with E-state index in [9.17, 15) is 9.59 Å². The summed E-state index contributed by atoms with van der Waals surface area (Å²) in [4.78, 5) is 30.5. The van der Waals surface area contributed by atoms with Crippen molar-refractivity contribution in [1.29, 1.82) is 0 Å². The number of ether oxygens (including phenoxy) is 3. The molecule has 4 rings (SSSR count). The van der Waals surface area contributed by atoms with Crippen molar-refractivity contribution in [2.24, 2.45) is 0 Å². The van der Waals surface area contributed by atoms with Crippen LogP contribution in [-0.2, 0) is 27.3 Å². The number of benzene rings is 2. The Bertz CT molecular complexity index is 1080. The lowest BCUT2D eigenvalue weighted by atomic mass is 10.2. The van der Waals surface area contributed by atoms with Crippen molar-refractivity contribution in [2.75, 3.05) is 19.9 Å². The molecule has 32 heavy (non-hydrogen) atoms. The fourth-order valence-electron chi connectivity index (χ4n) is 3.21. The topological polar surface area (TPSA) is 104 Å². The number of aryl methyl sites for hydroxylation is 1. The van der Waals surface area contributed by atoms with Gasteiger partial charge in [0.2, 0.25) is 18.5 Å². The molecule has 0 radical (unpaired) electrons. The molecule has 0 saturated carbocycles. The van der Waals surface area contributed by atoms with E-state index in [1.165, 1.54) is 0 Å². The second-order valence-electron chi connectivity index (χ2n) is 7.13. The molecule has 0 bridgehead atoms. The molecule has 0 spiro atoms. The van der Waals surface area contributed by atoms with E-state index in [2.05, 4.69) is 10.1 Å². The van der Waals surface area contributed by atoms with Gasteiger partial charge in [0.05, 0.1) is 6.42 Å². The summed E-state index contributed by atoms with van der Waals surface area (Å²) < 4.78 is 21.0. The molecule has 0 N–H and O–H groups in total. The maximum atomic E-state index is 12.5. The zero-order valence-electron chi connectivity index (χ0n) is 17.7. The minimum absolute atomic E-state index is 0.0397. The number of hydrogen-bond acceptors (Lipinski definition) is 8. The van der Waals surface area contributed by atoms with Gasteiger partial charge in [-0.25, -0.2) is 0 Å². The summed E-state index contributed by atoms with van der Waals surface area (Å²) in [5.41, 5.74) is 1.74. The number of rotatable bonds is 9. The predicted molar refractivity (Wildman–Crippen MR) is 113 cm³/mol. The Morgan fingerprint density at radius 3 is 2.72 bits per heavy atom. The third kappa shape index (κ3) is 5.23. The van der Waals surface area contributed by atoms with Crippen LogP contribution in [-0.4, -0.2) is 46.9 Å². The van der Waals surface area contributed by atoms with Crippen molar-refractivity contribution in [1.82, 2.24) is 15.0 Å². The normalized spacial score (nSPS) is 11.9. The highest BCUT2D eigenvalue weighted by atomic mass is 16.7. The molecule has 9 nitrogen and oxygen atoms in total. The smallest absolute Gasteiger partial charge is 0.306 e. The van der Waals surface area contributed by atoms with E-state index < -0.39 is 5.97 Å². The lowest BCUT2D eigenvalue weighted by Gasteiger charge is -2.21. The van der Waals surface area contributed by atoms with E-state index in [-0.39, 0.29) is 32.1 Å². The van der Waals surface area contributed by atoms with Crippen molar-refractivity contribution in [3.8, 4) is 22.9 Å². The van der Waals surface area contributed by atoms with Crippen LogP contribution in [0.4, 0.5) is 0 Å². The van der Waals surface area contributed by atoms with Crippen LogP contribution in [0.3, 0.4) is 0 Å². The molecule has 3 aromatic rings. The van der Waals surface area contributed by atoms with Gasteiger partial charge in [-0.2, -0.15) is 4.98 Å². The minimum Gasteiger partial charge on any atom is -0.456 e. The van der Waals surface area contributed by atoms with Crippen LogP contribution in [0.5, 0.6) is 11.5 Å². The molecule has 9 heteroatoms. The van der Waals surface area contributed by atoms with Gasteiger partial charge < -0.3 is 23.6 Å². The first-order valence-corrected chi connectivity index (χ1v) is 10.3. The largest absolute Gasteiger partial charge is 0.456 e. The molecule has 1 amide bonds. The predicted octanol–water partition coefficient (Wildman–Crippen LogP) is 2.99. The average molecular weight is 437 g/mol. The molecule has 2 heterocycles. The van der Waals surface area contributed by atoms with Gasteiger partial charge in [-0.05, 0) is 24.6 Å². The van der Waals surface area contributed by atoms with Gasteiger partial charge in [0, 0.05) is 25.1 Å². The number of hydrogen-bond donors (Lipinski definition) is 0. The second-order valence-corrected chi connectivity index (χ2v) is 7.13. The van der Waals surface area contributed by atoms with Crippen LogP contribution in [0.15, 0.2) is 53.1 Å². The van der Waals surface area contributed by atoms with Gasteiger partial charge in [-0.15, -0.1) is 0 Å². The van der Waals surface area contributed by atoms with Gasteiger partial charge in [0.1, 0.15) is 0 Å². The molecule has 1 aromatic heterocycles. The van der Waals surface area contributed by atoms with Crippen molar-refractivity contribution in [3.63, 3.8) is 0 Å². The van der Waals surface area contributed by atoms with E-state index in [0.717, 1.165) is 11.1 Å². The van der Waals surface area contributed by atoms with Gasteiger partial charge in [-0.1, -0.05) is 41.6 Å². The van der Waals surface area contributed by atoms with Gasteiger partial charge >= 0.3 is 5.97 Å². The van der Waals surface area contributed by atoms with Crippen molar-refractivity contribution < 1.29 is 28.3 Å². The van der Waals surface area contributed by atoms with Crippen molar-refractivity contribution >= 4 is 11.9 Å². The average Bonchev–Trinajstić information content (AvgIpc) is 3.49. The number of carbonyl (C=O) groups excluding carboxylic acids is 2. The van der Waals surface area contributed by atoms with E-state index in [4.69, 9.17) is 18.7 Å². The van der Waals surface area contributed by atoms with E-state index in [1.54, 1.807) is 4.90 Å².